The Hall–Kier alpha value is -1.68. The van der Waals surface area contributed by atoms with Gasteiger partial charge in [-0.2, -0.15) is 5.10 Å². The van der Waals surface area contributed by atoms with E-state index >= 15 is 0 Å². The quantitative estimate of drug-likeness (QED) is 0.891. The van der Waals surface area contributed by atoms with E-state index in [0.29, 0.717) is 6.54 Å². The Morgan fingerprint density at radius 3 is 2.67 bits per heavy atom. The van der Waals surface area contributed by atoms with Crippen LogP contribution in [0, 0.1) is 20.8 Å². The fraction of sp³-hybridized carbons (Fsp3) is 0.429. The Labute approximate surface area is 108 Å². The summed E-state index contributed by atoms with van der Waals surface area (Å²) in [6.45, 7) is 7.53. The summed E-state index contributed by atoms with van der Waals surface area (Å²) >= 11 is 0. The summed E-state index contributed by atoms with van der Waals surface area (Å²) in [7, 11) is 0. The van der Waals surface area contributed by atoms with Gasteiger partial charge in [0.15, 0.2) is 0 Å². The molecule has 2 rings (SSSR count). The topological polar surface area (TPSA) is 56.7 Å². The van der Waals surface area contributed by atoms with E-state index in [1.165, 1.54) is 11.3 Å². The highest BCUT2D eigenvalue weighted by Crippen LogP contribution is 2.14. The van der Waals surface area contributed by atoms with Crippen LogP contribution in [0.15, 0.2) is 18.2 Å². The van der Waals surface area contributed by atoms with Crippen LogP contribution in [0.5, 0.6) is 0 Å². The highest BCUT2D eigenvalue weighted by molar-refractivity contribution is 5.25. The number of hydrogen-bond donors (Lipinski definition) is 1. The molecule has 0 spiro atoms. The lowest BCUT2D eigenvalue weighted by atomic mass is 10.1. The van der Waals surface area contributed by atoms with Gasteiger partial charge < -0.3 is 5.73 Å². The molecule has 4 nitrogen and oxygen atoms in total. The molecule has 0 aliphatic carbocycles. The lowest BCUT2D eigenvalue weighted by Gasteiger charge is -2.05. The number of hydrogen-bond acceptors (Lipinski definition) is 3. The smallest absolute Gasteiger partial charge is 0.0834 e. The van der Waals surface area contributed by atoms with Gasteiger partial charge in [-0.05, 0) is 51.4 Å². The van der Waals surface area contributed by atoms with E-state index in [-0.39, 0.29) is 0 Å². The van der Waals surface area contributed by atoms with Crippen LogP contribution in [0.3, 0.4) is 0 Å². The van der Waals surface area contributed by atoms with Gasteiger partial charge >= 0.3 is 0 Å². The summed E-state index contributed by atoms with van der Waals surface area (Å²) in [6, 6.07) is 6.07. The molecule has 0 radical (unpaired) electrons. The average molecular weight is 244 g/mol. The zero-order valence-electron chi connectivity index (χ0n) is 11.3. The molecule has 96 valence electrons. The van der Waals surface area contributed by atoms with Crippen LogP contribution in [-0.4, -0.2) is 21.3 Å². The van der Waals surface area contributed by atoms with E-state index in [2.05, 4.69) is 17.0 Å². The first-order valence-electron chi connectivity index (χ1n) is 6.27. The van der Waals surface area contributed by atoms with Crippen LogP contribution in [0.25, 0.3) is 0 Å². The maximum atomic E-state index is 5.63. The number of nitrogens with two attached hydrogens (primary N) is 1. The van der Waals surface area contributed by atoms with E-state index in [0.717, 1.165) is 30.0 Å². The number of aryl methyl sites for hydroxylation is 2. The molecule has 0 amide bonds. The van der Waals surface area contributed by atoms with Crippen molar-refractivity contribution >= 4 is 0 Å². The molecule has 0 aromatic carbocycles. The van der Waals surface area contributed by atoms with Gasteiger partial charge in [-0.15, -0.1) is 0 Å². The van der Waals surface area contributed by atoms with Gasteiger partial charge in [-0.25, -0.2) is 0 Å². The van der Waals surface area contributed by atoms with Crippen LogP contribution in [0.1, 0.15) is 28.3 Å². The van der Waals surface area contributed by atoms with Crippen LogP contribution >= 0.6 is 0 Å². The number of rotatable bonds is 4. The van der Waals surface area contributed by atoms with Crippen molar-refractivity contribution in [3.63, 3.8) is 0 Å². The molecule has 0 fully saturated rings. The van der Waals surface area contributed by atoms with Crippen molar-refractivity contribution in [2.75, 3.05) is 6.54 Å². The molecule has 2 aromatic heterocycles. The van der Waals surface area contributed by atoms with E-state index < -0.39 is 0 Å². The van der Waals surface area contributed by atoms with Crippen LogP contribution in [0.4, 0.5) is 0 Å². The Kier molecular flexibility index (Phi) is 3.77. The molecule has 18 heavy (non-hydrogen) atoms. The zero-order valence-corrected chi connectivity index (χ0v) is 11.3. The fourth-order valence-electron chi connectivity index (χ4n) is 2.24. The van der Waals surface area contributed by atoms with Gasteiger partial charge in [0.1, 0.15) is 0 Å². The Morgan fingerprint density at radius 1 is 1.22 bits per heavy atom. The Morgan fingerprint density at radius 2 is 2.00 bits per heavy atom. The highest BCUT2D eigenvalue weighted by atomic mass is 15.3. The summed E-state index contributed by atoms with van der Waals surface area (Å²) in [6.07, 6.45) is 0.888. The second-order valence-corrected chi connectivity index (χ2v) is 4.62. The summed E-state index contributed by atoms with van der Waals surface area (Å²) in [4.78, 5) is 4.51. The summed E-state index contributed by atoms with van der Waals surface area (Å²) in [5.41, 5.74) is 11.2. The Bertz CT molecular complexity index is 543. The molecule has 2 heterocycles. The fourth-order valence-corrected chi connectivity index (χ4v) is 2.24. The summed E-state index contributed by atoms with van der Waals surface area (Å²) < 4.78 is 2.02. The standard InChI is InChI=1S/C14H20N4/c1-10-5-4-6-13(16-10)9-18-12(3)14(7-8-15)11(2)17-18/h4-6H,7-9,15H2,1-3H3. The maximum absolute atomic E-state index is 5.63. The van der Waals surface area contributed by atoms with Crippen LogP contribution < -0.4 is 5.73 Å². The molecule has 2 aromatic rings. The largest absolute Gasteiger partial charge is 0.330 e. The molecule has 0 atom stereocenters. The number of nitrogens with zero attached hydrogens (tertiary/aromatic N) is 3. The molecule has 2 N–H and O–H groups in total. The van der Waals surface area contributed by atoms with Crippen molar-refractivity contribution in [2.45, 2.75) is 33.7 Å². The van der Waals surface area contributed by atoms with Gasteiger partial charge in [0, 0.05) is 11.4 Å². The molecule has 0 bridgehead atoms. The molecule has 0 unspecified atom stereocenters. The van der Waals surface area contributed by atoms with Crippen molar-refractivity contribution in [1.82, 2.24) is 14.8 Å². The van der Waals surface area contributed by atoms with Gasteiger partial charge in [-0.1, -0.05) is 6.07 Å². The van der Waals surface area contributed by atoms with Gasteiger partial charge in [-0.3, -0.25) is 9.67 Å². The molecule has 4 heteroatoms. The van der Waals surface area contributed by atoms with Crippen molar-refractivity contribution < 1.29 is 0 Å². The highest BCUT2D eigenvalue weighted by Gasteiger charge is 2.11. The van der Waals surface area contributed by atoms with Crippen LogP contribution in [-0.2, 0) is 13.0 Å². The molecule has 0 saturated carbocycles. The summed E-state index contributed by atoms with van der Waals surface area (Å²) in [5, 5.41) is 4.57. The van der Waals surface area contributed by atoms with Gasteiger partial charge in [0.2, 0.25) is 0 Å². The monoisotopic (exact) mass is 244 g/mol. The third-order valence-electron chi connectivity index (χ3n) is 3.18. The molecular weight excluding hydrogens is 224 g/mol. The van der Waals surface area contributed by atoms with Crippen molar-refractivity contribution in [2.24, 2.45) is 5.73 Å². The number of pyridine rings is 1. The first-order valence-corrected chi connectivity index (χ1v) is 6.27. The predicted octanol–water partition coefficient (Wildman–Crippen LogP) is 1.75. The van der Waals surface area contributed by atoms with Gasteiger partial charge in [0.25, 0.3) is 0 Å². The first-order chi connectivity index (χ1) is 8.61. The second kappa shape index (κ2) is 5.31. The van der Waals surface area contributed by atoms with Crippen molar-refractivity contribution in [1.29, 1.82) is 0 Å². The Balaban J connectivity index is 2.27. The van der Waals surface area contributed by atoms with E-state index in [1.54, 1.807) is 0 Å². The summed E-state index contributed by atoms with van der Waals surface area (Å²) in [5.74, 6) is 0. The molecule has 0 aliphatic heterocycles. The van der Waals surface area contributed by atoms with Crippen molar-refractivity contribution in [3.05, 3.63) is 46.5 Å². The third-order valence-corrected chi connectivity index (χ3v) is 3.18. The maximum Gasteiger partial charge on any atom is 0.0834 e. The van der Waals surface area contributed by atoms with E-state index in [1.807, 2.05) is 36.7 Å². The van der Waals surface area contributed by atoms with Crippen molar-refractivity contribution in [3.8, 4) is 0 Å². The third kappa shape index (κ3) is 2.59. The minimum absolute atomic E-state index is 0.663. The van der Waals surface area contributed by atoms with Crippen LogP contribution in [0.2, 0.25) is 0 Å². The van der Waals surface area contributed by atoms with E-state index in [4.69, 9.17) is 5.73 Å². The predicted molar refractivity (Wildman–Crippen MR) is 72.5 cm³/mol. The molecule has 0 aliphatic rings. The molecule has 0 saturated heterocycles. The normalized spacial score (nSPS) is 10.9. The SMILES string of the molecule is Cc1cccc(Cn2nc(C)c(CCN)c2C)n1. The molecular formula is C14H20N4. The minimum atomic E-state index is 0.663. The zero-order chi connectivity index (χ0) is 13.1. The first kappa shape index (κ1) is 12.8. The number of aromatic nitrogens is 3. The lowest BCUT2D eigenvalue weighted by molar-refractivity contribution is 0.644. The van der Waals surface area contributed by atoms with Gasteiger partial charge in [0.05, 0.1) is 17.9 Å². The average Bonchev–Trinajstić information content (AvgIpc) is 2.57. The lowest BCUT2D eigenvalue weighted by Crippen LogP contribution is -2.07. The second-order valence-electron chi connectivity index (χ2n) is 4.62. The van der Waals surface area contributed by atoms with E-state index in [9.17, 15) is 0 Å². The minimum Gasteiger partial charge on any atom is -0.330 e.